The van der Waals surface area contributed by atoms with E-state index in [1.54, 1.807) is 6.08 Å². The van der Waals surface area contributed by atoms with E-state index < -0.39 is 67.4 Å². The normalized spacial score (nSPS) is 19.1. The molecule has 1 heterocycles. The molecule has 1 amide bonds. The van der Waals surface area contributed by atoms with Gasteiger partial charge in [-0.3, -0.25) is 9.59 Å². The molecule has 11 nitrogen and oxygen atoms in total. The van der Waals surface area contributed by atoms with Gasteiger partial charge in [0.1, 0.15) is 24.4 Å². The monoisotopic (exact) mass is 1190 g/mol. The summed E-state index contributed by atoms with van der Waals surface area (Å²) in [4.78, 5) is 26.6. The summed E-state index contributed by atoms with van der Waals surface area (Å²) >= 11 is 0. The van der Waals surface area contributed by atoms with E-state index in [4.69, 9.17) is 14.2 Å². The molecule has 0 aliphatic carbocycles. The molecule has 8 atom stereocenters. The highest BCUT2D eigenvalue weighted by Gasteiger charge is 2.47. The van der Waals surface area contributed by atoms with Gasteiger partial charge < -0.3 is 45.1 Å². The molecule has 0 aromatic rings. The van der Waals surface area contributed by atoms with Gasteiger partial charge in [0, 0.05) is 6.42 Å². The maximum absolute atomic E-state index is 13.4. The lowest BCUT2D eigenvalue weighted by Gasteiger charge is -2.41. The highest BCUT2D eigenvalue weighted by molar-refractivity contribution is 5.80. The Balaban J connectivity index is 2.57. The molecule has 0 aromatic heterocycles. The Labute approximate surface area is 519 Å². The molecule has 0 bridgehead atoms. The number of nitrogens with one attached hydrogen (secondary N) is 1. The lowest BCUT2D eigenvalue weighted by atomic mass is 9.99. The number of ether oxygens (including phenoxy) is 3. The largest absolute Gasteiger partial charge is 0.454 e. The van der Waals surface area contributed by atoms with Crippen LogP contribution in [-0.4, -0.2) is 99.6 Å². The summed E-state index contributed by atoms with van der Waals surface area (Å²) in [6, 6.07) is -1.05. The van der Waals surface area contributed by atoms with Gasteiger partial charge in [0.25, 0.3) is 0 Å². The maximum Gasteiger partial charge on any atom is 0.306 e. The molecule has 0 aromatic carbocycles. The quantitative estimate of drug-likeness (QED) is 0.0195. The molecule has 1 fully saturated rings. The number of carbonyl (C=O) groups excluding carboxylic acids is 2. The zero-order valence-corrected chi connectivity index (χ0v) is 54.2. The Kier molecular flexibility index (Phi) is 56.6. The molecule has 1 rings (SSSR count). The standard InChI is InChI=1S/C74H127NO10/c1-4-7-10-13-16-19-22-24-26-28-30-31-32-33-34-35-36-37-38-40-42-44-47-50-53-56-59-62-69(79)85-72-71(81)70(80)68(63-76)84-74(72)83-64-65(66(77)60-57-54-51-48-45-21-18-15-12-9-6-3)75-73(82)67(78)61-58-55-52-49-46-43-41-39-29-27-25-23-20-17-14-11-8-5-2/h8,11,16-17,19-20,24-27,30-31,39,41,46,49,57,60,65-68,70-72,74,76-78,80-81H,4-7,9-10,12-15,18,21-23,28-29,32-38,40,42-45,47-48,50-56,58-59,61-64H2,1-3H3,(H,75,82)/b11-8-,19-16-,20-17-,26-24-,27-25-,31-30-,41-39-,49-46-,60-57+. The Hall–Kier alpha value is -3.68. The Morgan fingerprint density at radius 1 is 0.471 bits per heavy atom. The zero-order chi connectivity index (χ0) is 61.7. The van der Waals surface area contributed by atoms with Crippen molar-refractivity contribution in [2.45, 2.75) is 333 Å². The molecule has 1 saturated heterocycles. The molecule has 6 N–H and O–H groups in total. The van der Waals surface area contributed by atoms with E-state index in [2.05, 4.69) is 123 Å². The molecule has 0 spiro atoms. The van der Waals surface area contributed by atoms with Crippen LogP contribution in [0.15, 0.2) is 109 Å². The molecule has 0 radical (unpaired) electrons. The number of amides is 1. The van der Waals surface area contributed by atoms with Gasteiger partial charge >= 0.3 is 5.97 Å². The summed E-state index contributed by atoms with van der Waals surface area (Å²) in [5.41, 5.74) is 0. The second-order valence-corrected chi connectivity index (χ2v) is 23.5. The minimum absolute atomic E-state index is 0.114. The van der Waals surface area contributed by atoms with Crippen LogP contribution in [0.4, 0.5) is 0 Å². The Bertz CT molecular complexity index is 1800. The number of carbonyl (C=O) groups is 2. The molecule has 8 unspecified atom stereocenters. The summed E-state index contributed by atoms with van der Waals surface area (Å²) in [5.74, 6) is -1.23. The van der Waals surface area contributed by atoms with Gasteiger partial charge in [-0.2, -0.15) is 0 Å². The van der Waals surface area contributed by atoms with Crippen molar-refractivity contribution in [3.63, 3.8) is 0 Å². The predicted octanol–water partition coefficient (Wildman–Crippen LogP) is 17.6. The first-order valence-corrected chi connectivity index (χ1v) is 34.7. The van der Waals surface area contributed by atoms with Crippen LogP contribution in [0.5, 0.6) is 0 Å². The average molecular weight is 1190 g/mol. The van der Waals surface area contributed by atoms with Gasteiger partial charge in [-0.05, 0) is 109 Å². The van der Waals surface area contributed by atoms with Crippen molar-refractivity contribution < 1.29 is 49.3 Å². The second-order valence-electron chi connectivity index (χ2n) is 23.5. The van der Waals surface area contributed by atoms with Crippen LogP contribution in [0.2, 0.25) is 0 Å². The first-order chi connectivity index (χ1) is 41.7. The zero-order valence-electron chi connectivity index (χ0n) is 54.2. The van der Waals surface area contributed by atoms with Gasteiger partial charge in [0.15, 0.2) is 12.4 Å². The molecular weight excluding hydrogens is 1060 g/mol. The van der Waals surface area contributed by atoms with E-state index in [1.807, 2.05) is 6.08 Å². The lowest BCUT2D eigenvalue weighted by Crippen LogP contribution is -2.61. The van der Waals surface area contributed by atoms with Crippen LogP contribution in [0.3, 0.4) is 0 Å². The molecule has 1 aliphatic heterocycles. The van der Waals surface area contributed by atoms with Crippen molar-refractivity contribution >= 4 is 11.9 Å². The smallest absolute Gasteiger partial charge is 0.306 e. The van der Waals surface area contributed by atoms with E-state index in [1.165, 1.54) is 135 Å². The number of hydrogen-bond acceptors (Lipinski definition) is 10. The van der Waals surface area contributed by atoms with Gasteiger partial charge in [0.05, 0.1) is 25.4 Å². The highest BCUT2D eigenvalue weighted by Crippen LogP contribution is 2.26. The van der Waals surface area contributed by atoms with Crippen molar-refractivity contribution in [1.29, 1.82) is 0 Å². The summed E-state index contributed by atoms with van der Waals surface area (Å²) < 4.78 is 17.7. The molecule has 11 heteroatoms. The van der Waals surface area contributed by atoms with E-state index >= 15 is 0 Å². The van der Waals surface area contributed by atoms with Crippen molar-refractivity contribution in [2.24, 2.45) is 0 Å². The molecular formula is C74H127NO10. The maximum atomic E-state index is 13.4. The fourth-order valence-corrected chi connectivity index (χ4v) is 10.2. The number of allylic oxidation sites excluding steroid dienone is 17. The van der Waals surface area contributed by atoms with Crippen molar-refractivity contribution in [3.05, 3.63) is 109 Å². The molecule has 0 saturated carbocycles. The SMILES string of the molecule is CC/C=C\C/C=C\C/C=C\C/C=C\C/C=C\CCCCC(O)C(=O)NC(COC1OC(CO)C(O)C(O)C1OC(=O)CCCCCCCCCCCCCCCC/C=C\C/C=C\C/C=C\CCCCC)C(O)/C=C/CCCCCCCCCCC. The third kappa shape index (κ3) is 48.0. The second kappa shape index (κ2) is 60.6. The van der Waals surface area contributed by atoms with E-state index in [-0.39, 0.29) is 19.4 Å². The predicted molar refractivity (Wildman–Crippen MR) is 356 cm³/mol. The lowest BCUT2D eigenvalue weighted by molar-refractivity contribution is -0.305. The third-order valence-electron chi connectivity index (χ3n) is 15.7. The molecule has 85 heavy (non-hydrogen) atoms. The minimum atomic E-state index is -1.63. The van der Waals surface area contributed by atoms with Gasteiger partial charge in [-0.15, -0.1) is 0 Å². The van der Waals surface area contributed by atoms with Gasteiger partial charge in [-0.1, -0.05) is 278 Å². The number of unbranched alkanes of at least 4 members (excludes halogenated alkanes) is 28. The number of aliphatic hydroxyl groups excluding tert-OH is 5. The van der Waals surface area contributed by atoms with Gasteiger partial charge in [-0.25, -0.2) is 0 Å². The molecule has 488 valence electrons. The van der Waals surface area contributed by atoms with Crippen LogP contribution in [0.25, 0.3) is 0 Å². The van der Waals surface area contributed by atoms with Crippen LogP contribution < -0.4 is 5.32 Å². The first-order valence-electron chi connectivity index (χ1n) is 34.7. The van der Waals surface area contributed by atoms with Gasteiger partial charge in [0.2, 0.25) is 5.91 Å². The fourth-order valence-electron chi connectivity index (χ4n) is 10.2. The Morgan fingerprint density at radius 3 is 1.29 bits per heavy atom. The van der Waals surface area contributed by atoms with Crippen molar-refractivity contribution in [3.8, 4) is 0 Å². The number of aliphatic hydroxyl groups is 5. The van der Waals surface area contributed by atoms with Crippen molar-refractivity contribution in [2.75, 3.05) is 13.2 Å². The van der Waals surface area contributed by atoms with Crippen LogP contribution in [-0.2, 0) is 23.8 Å². The summed E-state index contributed by atoms with van der Waals surface area (Å²) in [6.45, 7) is 5.63. The topological polar surface area (TPSA) is 175 Å². The highest BCUT2D eigenvalue weighted by atomic mass is 16.7. The summed E-state index contributed by atoms with van der Waals surface area (Å²) in [6.07, 6.45) is 72.8. The minimum Gasteiger partial charge on any atom is -0.454 e. The van der Waals surface area contributed by atoms with Crippen LogP contribution in [0, 0.1) is 0 Å². The number of esters is 1. The number of hydrogen-bond donors (Lipinski definition) is 6. The third-order valence-corrected chi connectivity index (χ3v) is 15.7. The Morgan fingerprint density at radius 2 is 0.847 bits per heavy atom. The van der Waals surface area contributed by atoms with E-state index in [9.17, 15) is 35.1 Å². The molecule has 1 aliphatic rings. The van der Waals surface area contributed by atoms with E-state index in [0.717, 1.165) is 103 Å². The average Bonchev–Trinajstić information content (AvgIpc) is 3.51. The summed E-state index contributed by atoms with van der Waals surface area (Å²) in [5, 5.41) is 57.1. The number of rotatable bonds is 58. The van der Waals surface area contributed by atoms with Crippen LogP contribution >= 0.6 is 0 Å². The van der Waals surface area contributed by atoms with Crippen molar-refractivity contribution in [1.82, 2.24) is 5.32 Å². The fraction of sp³-hybridized carbons (Fsp3) is 0.730. The summed E-state index contributed by atoms with van der Waals surface area (Å²) in [7, 11) is 0. The van der Waals surface area contributed by atoms with E-state index in [0.29, 0.717) is 12.8 Å². The first kappa shape index (κ1) is 79.3. The van der Waals surface area contributed by atoms with Crippen LogP contribution in [0.1, 0.15) is 284 Å².